The van der Waals surface area contributed by atoms with Crippen LogP contribution in [0.15, 0.2) is 23.8 Å². The van der Waals surface area contributed by atoms with Gasteiger partial charge in [-0.05, 0) is 24.8 Å². The molecule has 0 radical (unpaired) electrons. The van der Waals surface area contributed by atoms with Gasteiger partial charge in [0.25, 0.3) is 0 Å². The number of rotatable bonds is 8. The van der Waals surface area contributed by atoms with Crippen LogP contribution in [0.2, 0.25) is 0 Å². The molecule has 0 aliphatic rings. The van der Waals surface area contributed by atoms with Gasteiger partial charge in [0.05, 0.1) is 13.2 Å². The van der Waals surface area contributed by atoms with E-state index in [1.54, 1.807) is 24.8 Å². The maximum absolute atomic E-state index is 5.48. The van der Waals surface area contributed by atoms with Crippen LogP contribution in [0.4, 0.5) is 11.6 Å². The molecule has 2 aromatic heterocycles. The monoisotopic (exact) mass is 306 g/mol. The van der Waals surface area contributed by atoms with Crippen LogP contribution in [0.3, 0.4) is 0 Å². The van der Waals surface area contributed by atoms with Crippen LogP contribution in [0.25, 0.3) is 0 Å². The molecule has 0 aromatic carbocycles. The minimum absolute atomic E-state index is 0.244. The third-order valence-corrected chi connectivity index (χ3v) is 4.11. The van der Waals surface area contributed by atoms with Crippen molar-refractivity contribution in [3.05, 3.63) is 28.7 Å². The van der Waals surface area contributed by atoms with E-state index in [0.717, 1.165) is 31.0 Å². The Morgan fingerprint density at radius 2 is 2.10 bits per heavy atom. The Hall–Kier alpha value is -1.82. The number of thiophene rings is 1. The molecule has 0 saturated heterocycles. The first-order chi connectivity index (χ1) is 10.3. The SMILES string of the molecule is CCCC(Nc1ncnc(NCC)c1OC)c1cccs1. The second-order valence-corrected chi connectivity index (χ2v) is 5.61. The maximum Gasteiger partial charge on any atom is 0.204 e. The van der Waals surface area contributed by atoms with E-state index in [1.165, 1.54) is 4.88 Å². The Morgan fingerprint density at radius 1 is 1.29 bits per heavy atom. The number of anilines is 2. The van der Waals surface area contributed by atoms with E-state index in [-0.39, 0.29) is 6.04 Å². The van der Waals surface area contributed by atoms with Crippen LogP contribution in [0.1, 0.15) is 37.6 Å². The van der Waals surface area contributed by atoms with Crippen LogP contribution in [0.5, 0.6) is 5.75 Å². The molecule has 1 unspecified atom stereocenters. The zero-order chi connectivity index (χ0) is 15.1. The second kappa shape index (κ2) is 7.83. The van der Waals surface area contributed by atoms with E-state index in [1.807, 2.05) is 6.92 Å². The van der Waals surface area contributed by atoms with E-state index >= 15 is 0 Å². The van der Waals surface area contributed by atoms with Crippen LogP contribution in [-0.4, -0.2) is 23.6 Å². The molecular formula is C15H22N4OS. The van der Waals surface area contributed by atoms with Gasteiger partial charge < -0.3 is 15.4 Å². The molecule has 2 rings (SSSR count). The summed E-state index contributed by atoms with van der Waals surface area (Å²) in [6.07, 6.45) is 3.70. The van der Waals surface area contributed by atoms with Gasteiger partial charge in [0.15, 0.2) is 11.6 Å². The first-order valence-corrected chi connectivity index (χ1v) is 8.10. The summed E-state index contributed by atoms with van der Waals surface area (Å²) in [4.78, 5) is 9.88. The minimum atomic E-state index is 0.244. The van der Waals surface area contributed by atoms with Crippen LogP contribution >= 0.6 is 11.3 Å². The largest absolute Gasteiger partial charge is 0.490 e. The zero-order valence-corrected chi connectivity index (χ0v) is 13.5. The third-order valence-electron chi connectivity index (χ3n) is 3.13. The highest BCUT2D eigenvalue weighted by molar-refractivity contribution is 7.10. The number of nitrogens with zero attached hydrogens (tertiary/aromatic N) is 2. The van der Waals surface area contributed by atoms with Crippen molar-refractivity contribution in [1.82, 2.24) is 9.97 Å². The van der Waals surface area contributed by atoms with E-state index in [9.17, 15) is 0 Å². The fourth-order valence-electron chi connectivity index (χ4n) is 2.19. The van der Waals surface area contributed by atoms with Gasteiger partial charge in [0.2, 0.25) is 5.75 Å². The van der Waals surface area contributed by atoms with Crippen LogP contribution < -0.4 is 15.4 Å². The van der Waals surface area contributed by atoms with E-state index in [2.05, 4.69) is 45.0 Å². The normalized spacial score (nSPS) is 12.0. The quantitative estimate of drug-likeness (QED) is 0.774. The average Bonchev–Trinajstić information content (AvgIpc) is 3.01. The highest BCUT2D eigenvalue weighted by Gasteiger charge is 2.17. The Kier molecular flexibility index (Phi) is 5.80. The van der Waals surface area contributed by atoms with Gasteiger partial charge in [-0.15, -0.1) is 11.3 Å². The lowest BCUT2D eigenvalue weighted by molar-refractivity contribution is 0.414. The van der Waals surface area contributed by atoms with Crippen molar-refractivity contribution in [2.24, 2.45) is 0 Å². The van der Waals surface area contributed by atoms with Gasteiger partial charge in [0, 0.05) is 11.4 Å². The number of hydrogen-bond donors (Lipinski definition) is 2. The number of methoxy groups -OCH3 is 1. The summed E-state index contributed by atoms with van der Waals surface area (Å²) in [6.45, 7) is 5.00. The molecule has 6 heteroatoms. The molecule has 0 saturated carbocycles. The molecule has 2 N–H and O–H groups in total. The molecule has 5 nitrogen and oxygen atoms in total. The molecule has 0 aliphatic carbocycles. The fraction of sp³-hybridized carbons (Fsp3) is 0.467. The predicted octanol–water partition coefficient (Wildman–Crippen LogP) is 3.93. The third kappa shape index (κ3) is 3.85. The van der Waals surface area contributed by atoms with Gasteiger partial charge >= 0.3 is 0 Å². The number of nitrogens with one attached hydrogen (secondary N) is 2. The van der Waals surface area contributed by atoms with Crippen LogP contribution in [0, 0.1) is 0 Å². The van der Waals surface area contributed by atoms with Crippen molar-refractivity contribution in [3.8, 4) is 5.75 Å². The molecule has 0 aliphatic heterocycles. The second-order valence-electron chi connectivity index (χ2n) is 4.64. The van der Waals surface area contributed by atoms with Crippen molar-refractivity contribution >= 4 is 23.0 Å². The molecule has 1 atom stereocenters. The highest BCUT2D eigenvalue weighted by atomic mass is 32.1. The Morgan fingerprint density at radius 3 is 2.71 bits per heavy atom. The molecule has 2 aromatic rings. The Balaban J connectivity index is 2.26. The van der Waals surface area contributed by atoms with Crippen molar-refractivity contribution < 1.29 is 4.74 Å². The zero-order valence-electron chi connectivity index (χ0n) is 12.7. The predicted molar refractivity (Wildman–Crippen MR) is 88.3 cm³/mol. The van der Waals surface area contributed by atoms with Gasteiger partial charge in [-0.2, -0.15) is 0 Å². The lowest BCUT2D eigenvalue weighted by Crippen LogP contribution is -2.13. The van der Waals surface area contributed by atoms with Gasteiger partial charge in [-0.1, -0.05) is 19.4 Å². The van der Waals surface area contributed by atoms with E-state index in [4.69, 9.17) is 4.74 Å². The van der Waals surface area contributed by atoms with Crippen molar-refractivity contribution in [2.45, 2.75) is 32.7 Å². The first kappa shape index (κ1) is 15.6. The lowest BCUT2D eigenvalue weighted by Gasteiger charge is -2.20. The van der Waals surface area contributed by atoms with Gasteiger partial charge in [0.1, 0.15) is 6.33 Å². The lowest BCUT2D eigenvalue weighted by atomic mass is 10.1. The van der Waals surface area contributed by atoms with Crippen molar-refractivity contribution in [3.63, 3.8) is 0 Å². The summed E-state index contributed by atoms with van der Waals surface area (Å²) in [7, 11) is 1.64. The summed E-state index contributed by atoms with van der Waals surface area (Å²) >= 11 is 1.76. The minimum Gasteiger partial charge on any atom is -0.490 e. The molecule has 0 bridgehead atoms. The number of hydrogen-bond acceptors (Lipinski definition) is 6. The smallest absolute Gasteiger partial charge is 0.204 e. The maximum atomic E-state index is 5.48. The summed E-state index contributed by atoms with van der Waals surface area (Å²) < 4.78 is 5.48. The molecule has 21 heavy (non-hydrogen) atoms. The van der Waals surface area contributed by atoms with Crippen LogP contribution in [-0.2, 0) is 0 Å². The molecule has 0 spiro atoms. The van der Waals surface area contributed by atoms with Gasteiger partial charge in [-0.3, -0.25) is 0 Å². The molecule has 0 fully saturated rings. The van der Waals surface area contributed by atoms with Crippen molar-refractivity contribution in [1.29, 1.82) is 0 Å². The molecular weight excluding hydrogens is 284 g/mol. The van der Waals surface area contributed by atoms with Gasteiger partial charge in [-0.25, -0.2) is 9.97 Å². The number of aromatic nitrogens is 2. The fourth-order valence-corrected chi connectivity index (χ4v) is 3.00. The summed E-state index contributed by atoms with van der Waals surface area (Å²) in [6, 6.07) is 4.47. The molecule has 114 valence electrons. The van der Waals surface area contributed by atoms with Crippen molar-refractivity contribution in [2.75, 3.05) is 24.3 Å². The standard InChI is InChI=1S/C15H22N4OS/c1-4-7-11(12-8-6-9-21-12)19-15-13(20-3)14(16-5-2)17-10-18-15/h6,8-11H,4-5,7H2,1-3H3,(H2,16,17,18,19). The summed E-state index contributed by atoms with van der Waals surface area (Å²) in [5.74, 6) is 2.12. The first-order valence-electron chi connectivity index (χ1n) is 7.22. The van der Waals surface area contributed by atoms with E-state index < -0.39 is 0 Å². The molecule has 0 amide bonds. The average molecular weight is 306 g/mol. The summed E-state index contributed by atoms with van der Waals surface area (Å²) in [5.41, 5.74) is 0. The Labute approximate surface area is 129 Å². The Bertz CT molecular complexity index is 545. The molecule has 2 heterocycles. The highest BCUT2D eigenvalue weighted by Crippen LogP contribution is 2.33. The number of ether oxygens (including phenoxy) is 1. The van der Waals surface area contributed by atoms with E-state index in [0.29, 0.717) is 5.75 Å². The topological polar surface area (TPSA) is 59.1 Å². The summed E-state index contributed by atoms with van der Waals surface area (Å²) in [5, 5.41) is 8.79.